The fourth-order valence-electron chi connectivity index (χ4n) is 2.99. The minimum Gasteiger partial charge on any atom is -0.383 e. The highest BCUT2D eigenvalue weighted by molar-refractivity contribution is 7.92. The van der Waals surface area contributed by atoms with Gasteiger partial charge in [0.1, 0.15) is 17.2 Å². The number of fused-ring (bicyclic) bond motifs is 1. The fourth-order valence-corrected chi connectivity index (χ4v) is 3.53. The van der Waals surface area contributed by atoms with Crippen molar-refractivity contribution in [3.05, 3.63) is 47.4 Å². The first-order valence-corrected chi connectivity index (χ1v) is 11.0. The van der Waals surface area contributed by atoms with Crippen molar-refractivity contribution in [2.75, 3.05) is 18.2 Å². The Hall–Kier alpha value is -2.87. The van der Waals surface area contributed by atoms with Gasteiger partial charge in [0, 0.05) is 45.0 Å². The van der Waals surface area contributed by atoms with Crippen molar-refractivity contribution in [2.24, 2.45) is 4.36 Å². The highest BCUT2D eigenvalue weighted by Crippen LogP contribution is 2.39. The lowest BCUT2D eigenvalue weighted by molar-refractivity contribution is 0.628. The Morgan fingerprint density at radius 2 is 1.86 bits per heavy atom. The molecule has 28 heavy (non-hydrogen) atoms. The van der Waals surface area contributed by atoms with E-state index in [0.29, 0.717) is 16.5 Å². The number of nitrogens with zero attached hydrogens (tertiary/aromatic N) is 3. The Morgan fingerprint density at radius 1 is 1.21 bits per heavy atom. The Bertz CT molecular complexity index is 1190. The van der Waals surface area contributed by atoms with Crippen LogP contribution in [0.3, 0.4) is 0 Å². The van der Waals surface area contributed by atoms with Crippen LogP contribution in [0.25, 0.3) is 22.0 Å². The van der Waals surface area contributed by atoms with Gasteiger partial charge in [0.2, 0.25) is 0 Å². The van der Waals surface area contributed by atoms with Gasteiger partial charge in [-0.15, -0.1) is 0 Å². The summed E-state index contributed by atoms with van der Waals surface area (Å²) in [5.74, 6) is 0.103. The van der Waals surface area contributed by atoms with E-state index in [9.17, 15) is 8.60 Å². The molecular formula is C20H22FN5OS. The van der Waals surface area contributed by atoms with Gasteiger partial charge in [-0.05, 0) is 29.7 Å². The summed E-state index contributed by atoms with van der Waals surface area (Å²) >= 11 is 0. The van der Waals surface area contributed by atoms with Gasteiger partial charge in [0.15, 0.2) is 5.82 Å². The zero-order valence-electron chi connectivity index (χ0n) is 16.2. The van der Waals surface area contributed by atoms with E-state index >= 15 is 0 Å². The van der Waals surface area contributed by atoms with Crippen LogP contribution < -0.4 is 5.73 Å². The molecule has 3 rings (SSSR count). The van der Waals surface area contributed by atoms with E-state index in [-0.39, 0.29) is 23.4 Å². The predicted molar refractivity (Wildman–Crippen MR) is 113 cm³/mol. The number of nitrogens with two attached hydrogens (primary N) is 1. The maximum atomic E-state index is 13.5. The highest BCUT2D eigenvalue weighted by atomic mass is 32.2. The zero-order chi connectivity index (χ0) is 20.6. The number of nitrogens with one attached hydrogen (secondary N) is 1. The molecule has 2 aromatic heterocycles. The number of halogens is 1. The lowest BCUT2D eigenvalue weighted by Crippen LogP contribution is -2.04. The molecule has 2 heterocycles. The average Bonchev–Trinajstić information content (AvgIpc) is 2.61. The number of hydrogen-bond acceptors (Lipinski definition) is 6. The van der Waals surface area contributed by atoms with Crippen LogP contribution in [0.2, 0.25) is 0 Å². The summed E-state index contributed by atoms with van der Waals surface area (Å²) in [5, 5.41) is 8.30. The zero-order valence-corrected chi connectivity index (χ0v) is 17.0. The third kappa shape index (κ3) is 3.87. The molecule has 0 saturated carbocycles. The third-order valence-electron chi connectivity index (χ3n) is 4.19. The molecule has 1 aromatic carbocycles. The van der Waals surface area contributed by atoms with Crippen molar-refractivity contribution in [3.63, 3.8) is 0 Å². The van der Waals surface area contributed by atoms with Crippen LogP contribution >= 0.6 is 0 Å². The third-order valence-corrected chi connectivity index (χ3v) is 4.80. The van der Waals surface area contributed by atoms with Gasteiger partial charge >= 0.3 is 0 Å². The largest absolute Gasteiger partial charge is 0.383 e. The van der Waals surface area contributed by atoms with Crippen molar-refractivity contribution in [1.82, 2.24) is 9.97 Å². The summed E-state index contributed by atoms with van der Waals surface area (Å²) in [6, 6.07) is 7.88. The molecule has 0 aliphatic heterocycles. The quantitative estimate of drug-likeness (QED) is 0.630. The number of benzene rings is 1. The summed E-state index contributed by atoms with van der Waals surface area (Å²) in [7, 11) is -2.49. The molecule has 0 spiro atoms. The normalized spacial score (nSPS) is 11.8. The molecule has 8 heteroatoms. The maximum absolute atomic E-state index is 13.5. The predicted octanol–water partition coefficient (Wildman–Crippen LogP) is 4.50. The first-order chi connectivity index (χ1) is 13.1. The van der Waals surface area contributed by atoms with Crippen molar-refractivity contribution in [2.45, 2.75) is 19.8 Å². The second-order valence-electron chi connectivity index (χ2n) is 7.13. The SMILES string of the molecule is CC(C)c1nc(N=S(C)(C)=O)c2nc(N)c(C=N)cc2c1-c1ccc(F)cc1. The van der Waals surface area contributed by atoms with Gasteiger partial charge in [0.25, 0.3) is 0 Å². The van der Waals surface area contributed by atoms with E-state index in [4.69, 9.17) is 11.1 Å². The molecule has 3 N–H and O–H groups in total. The van der Waals surface area contributed by atoms with Gasteiger partial charge in [-0.2, -0.15) is 4.36 Å². The van der Waals surface area contributed by atoms with Crippen LogP contribution in [-0.2, 0) is 9.73 Å². The molecule has 0 saturated heterocycles. The Kier molecular flexibility index (Phi) is 5.16. The lowest BCUT2D eigenvalue weighted by Gasteiger charge is -2.17. The topological polar surface area (TPSA) is 105 Å². The van der Waals surface area contributed by atoms with E-state index in [0.717, 1.165) is 23.0 Å². The van der Waals surface area contributed by atoms with Crippen LogP contribution in [0.5, 0.6) is 0 Å². The summed E-state index contributed by atoms with van der Waals surface area (Å²) < 4.78 is 30.1. The van der Waals surface area contributed by atoms with E-state index < -0.39 is 9.73 Å². The van der Waals surface area contributed by atoms with Crippen LogP contribution in [-0.4, -0.2) is 32.9 Å². The summed E-state index contributed by atoms with van der Waals surface area (Å²) in [5.41, 5.74) is 9.12. The van der Waals surface area contributed by atoms with Crippen LogP contribution in [0, 0.1) is 11.2 Å². The van der Waals surface area contributed by atoms with Crippen LogP contribution in [0.1, 0.15) is 31.0 Å². The molecule has 0 radical (unpaired) electrons. The molecular weight excluding hydrogens is 377 g/mol. The molecule has 3 aromatic rings. The Morgan fingerprint density at radius 3 is 2.39 bits per heavy atom. The Labute approximate surface area is 163 Å². The smallest absolute Gasteiger partial charge is 0.188 e. The molecule has 0 aliphatic rings. The Balaban J connectivity index is 2.55. The van der Waals surface area contributed by atoms with E-state index in [1.165, 1.54) is 24.6 Å². The van der Waals surface area contributed by atoms with E-state index in [1.54, 1.807) is 18.2 Å². The first-order valence-electron chi connectivity index (χ1n) is 8.68. The molecule has 0 amide bonds. The number of hydrogen-bond donors (Lipinski definition) is 2. The number of aromatic nitrogens is 2. The van der Waals surface area contributed by atoms with Crippen molar-refractivity contribution in [3.8, 4) is 11.1 Å². The molecule has 0 atom stereocenters. The van der Waals surface area contributed by atoms with Crippen LogP contribution in [0.4, 0.5) is 16.0 Å². The second-order valence-corrected chi connectivity index (χ2v) is 9.68. The van der Waals surface area contributed by atoms with Gasteiger partial charge in [0.05, 0.1) is 5.69 Å². The fraction of sp³-hybridized carbons (Fsp3) is 0.250. The number of nitrogen functional groups attached to an aromatic ring is 1. The standard InChI is InChI=1S/C20H22FN5OS/c1-11(2)17-16(12-5-7-14(21)8-6-12)15-9-13(10-22)19(23)24-18(15)20(25-17)26-28(3,4)27/h5-11,22H,1-4H3,(H2,23,24). The first kappa shape index (κ1) is 19.9. The molecule has 146 valence electrons. The maximum Gasteiger partial charge on any atom is 0.188 e. The molecule has 0 aliphatic carbocycles. The van der Waals surface area contributed by atoms with Gasteiger partial charge in [-0.3, -0.25) is 0 Å². The average molecular weight is 399 g/mol. The van der Waals surface area contributed by atoms with Gasteiger partial charge in [-0.1, -0.05) is 26.0 Å². The summed E-state index contributed by atoms with van der Waals surface area (Å²) in [4.78, 5) is 9.07. The lowest BCUT2D eigenvalue weighted by atomic mass is 9.93. The molecule has 0 fully saturated rings. The minimum absolute atomic E-state index is 0.0177. The minimum atomic E-state index is -2.49. The van der Waals surface area contributed by atoms with Crippen molar-refractivity contribution >= 4 is 38.5 Å². The van der Waals surface area contributed by atoms with E-state index in [2.05, 4.69) is 14.3 Å². The highest BCUT2D eigenvalue weighted by Gasteiger charge is 2.20. The number of anilines is 1. The number of rotatable bonds is 4. The van der Waals surface area contributed by atoms with Crippen molar-refractivity contribution in [1.29, 1.82) is 5.41 Å². The number of pyridine rings is 2. The molecule has 0 bridgehead atoms. The van der Waals surface area contributed by atoms with Crippen LogP contribution in [0.15, 0.2) is 34.7 Å². The van der Waals surface area contributed by atoms with E-state index in [1.807, 2.05) is 13.8 Å². The second kappa shape index (κ2) is 7.27. The monoisotopic (exact) mass is 399 g/mol. The van der Waals surface area contributed by atoms with Crippen molar-refractivity contribution < 1.29 is 8.60 Å². The van der Waals surface area contributed by atoms with Gasteiger partial charge in [-0.25, -0.2) is 18.6 Å². The summed E-state index contributed by atoms with van der Waals surface area (Å²) in [6.07, 6.45) is 4.18. The van der Waals surface area contributed by atoms with Gasteiger partial charge < -0.3 is 11.1 Å². The molecule has 0 unspecified atom stereocenters. The molecule has 6 nitrogen and oxygen atoms in total. The summed E-state index contributed by atoms with van der Waals surface area (Å²) in [6.45, 7) is 3.98.